The van der Waals surface area contributed by atoms with Gasteiger partial charge in [-0.15, -0.1) is 11.3 Å². The van der Waals surface area contributed by atoms with Crippen LogP contribution in [-0.2, 0) is 0 Å². The predicted octanol–water partition coefficient (Wildman–Crippen LogP) is 3.89. The number of carbonyl (C=O) groups is 1. The molecule has 0 unspecified atom stereocenters. The van der Waals surface area contributed by atoms with Crippen molar-refractivity contribution in [1.29, 1.82) is 0 Å². The maximum atomic E-state index is 13.3. The van der Waals surface area contributed by atoms with E-state index in [2.05, 4.69) is 15.9 Å². The molecule has 1 aromatic carbocycles. The van der Waals surface area contributed by atoms with Crippen LogP contribution < -0.4 is 4.74 Å². The van der Waals surface area contributed by atoms with Crippen molar-refractivity contribution in [2.45, 2.75) is 0 Å². The average Bonchev–Trinajstić information content (AvgIpc) is 2.80. The molecule has 0 aliphatic carbocycles. The van der Waals surface area contributed by atoms with Crippen LogP contribution in [0.25, 0.3) is 0 Å². The molecule has 88 valence electrons. The summed E-state index contributed by atoms with van der Waals surface area (Å²) in [5.74, 6) is -0.169. The fraction of sp³-hybridized carbons (Fsp3) is 0.0833. The van der Waals surface area contributed by atoms with Gasteiger partial charge in [0.2, 0.25) is 5.78 Å². The molecule has 0 amide bonds. The smallest absolute Gasteiger partial charge is 0.206 e. The minimum atomic E-state index is -0.452. The Balaban J connectivity index is 2.40. The highest BCUT2D eigenvalue weighted by atomic mass is 79.9. The van der Waals surface area contributed by atoms with Crippen molar-refractivity contribution in [1.82, 2.24) is 0 Å². The van der Waals surface area contributed by atoms with E-state index in [1.807, 2.05) is 0 Å². The summed E-state index contributed by atoms with van der Waals surface area (Å²) >= 11 is 4.33. The lowest BCUT2D eigenvalue weighted by atomic mass is 10.1. The monoisotopic (exact) mass is 314 g/mol. The number of benzene rings is 1. The first-order valence-corrected chi connectivity index (χ1v) is 6.42. The lowest BCUT2D eigenvalue weighted by Gasteiger charge is -2.03. The molecule has 0 atom stereocenters. The van der Waals surface area contributed by atoms with Gasteiger partial charge in [-0.3, -0.25) is 4.79 Å². The predicted molar refractivity (Wildman–Crippen MR) is 68.4 cm³/mol. The maximum Gasteiger partial charge on any atom is 0.206 e. The molecule has 0 saturated heterocycles. The van der Waals surface area contributed by atoms with Crippen molar-refractivity contribution >= 4 is 33.0 Å². The molecule has 0 fully saturated rings. The summed E-state index contributed by atoms with van der Waals surface area (Å²) in [6, 6.07) is 6.02. The quantitative estimate of drug-likeness (QED) is 0.803. The second kappa shape index (κ2) is 4.98. The molecule has 0 radical (unpaired) electrons. The van der Waals surface area contributed by atoms with Crippen LogP contribution >= 0.6 is 27.3 Å². The van der Waals surface area contributed by atoms with Crippen LogP contribution in [-0.4, -0.2) is 12.9 Å². The molecule has 2 nitrogen and oxygen atoms in total. The largest absolute Gasteiger partial charge is 0.495 e. The van der Waals surface area contributed by atoms with E-state index < -0.39 is 5.82 Å². The Morgan fingerprint density at radius 3 is 2.82 bits per heavy atom. The zero-order chi connectivity index (χ0) is 12.4. The highest BCUT2D eigenvalue weighted by Gasteiger charge is 2.17. The van der Waals surface area contributed by atoms with Crippen molar-refractivity contribution in [2.24, 2.45) is 0 Å². The molecule has 17 heavy (non-hydrogen) atoms. The molecule has 2 aromatic rings. The van der Waals surface area contributed by atoms with Crippen molar-refractivity contribution in [3.63, 3.8) is 0 Å². The summed E-state index contributed by atoms with van der Waals surface area (Å²) in [6.45, 7) is 0. The molecule has 0 spiro atoms. The third kappa shape index (κ3) is 2.40. The zero-order valence-electron chi connectivity index (χ0n) is 8.87. The first-order valence-electron chi connectivity index (χ1n) is 4.74. The van der Waals surface area contributed by atoms with Gasteiger partial charge < -0.3 is 4.74 Å². The molecule has 0 N–H and O–H groups in total. The van der Waals surface area contributed by atoms with Gasteiger partial charge >= 0.3 is 0 Å². The Labute approximate surface area is 110 Å². The van der Waals surface area contributed by atoms with E-state index in [-0.39, 0.29) is 5.78 Å². The van der Waals surface area contributed by atoms with Gasteiger partial charge in [0, 0.05) is 5.56 Å². The summed E-state index contributed by atoms with van der Waals surface area (Å²) in [4.78, 5) is 12.6. The van der Waals surface area contributed by atoms with Crippen LogP contribution in [0.5, 0.6) is 5.75 Å². The van der Waals surface area contributed by atoms with Gasteiger partial charge in [-0.2, -0.15) is 0 Å². The van der Waals surface area contributed by atoms with E-state index in [4.69, 9.17) is 4.74 Å². The number of hydrogen-bond donors (Lipinski definition) is 0. The third-order valence-corrected chi connectivity index (χ3v) is 3.77. The zero-order valence-corrected chi connectivity index (χ0v) is 11.3. The van der Waals surface area contributed by atoms with Crippen LogP contribution in [0.3, 0.4) is 0 Å². The fourth-order valence-electron chi connectivity index (χ4n) is 1.39. The van der Waals surface area contributed by atoms with Crippen LogP contribution in [0.2, 0.25) is 0 Å². The van der Waals surface area contributed by atoms with Crippen LogP contribution in [0.15, 0.2) is 34.1 Å². The van der Waals surface area contributed by atoms with Gasteiger partial charge in [0.15, 0.2) is 0 Å². The van der Waals surface area contributed by atoms with Crippen LogP contribution in [0, 0.1) is 5.82 Å². The summed E-state index contributed by atoms with van der Waals surface area (Å²) in [6.07, 6.45) is 0. The van der Waals surface area contributed by atoms with E-state index in [1.165, 1.54) is 30.6 Å². The van der Waals surface area contributed by atoms with Crippen molar-refractivity contribution in [3.05, 3.63) is 50.4 Å². The Hall–Kier alpha value is -1.20. The van der Waals surface area contributed by atoms with Gasteiger partial charge in [0.25, 0.3) is 0 Å². The van der Waals surface area contributed by atoms with E-state index in [1.54, 1.807) is 17.5 Å². The minimum Gasteiger partial charge on any atom is -0.495 e. The summed E-state index contributed by atoms with van der Waals surface area (Å²) in [5, 5.41) is 1.77. The molecule has 0 bridgehead atoms. The molecule has 2 rings (SSSR count). The van der Waals surface area contributed by atoms with E-state index in [0.29, 0.717) is 20.7 Å². The molecule has 1 heterocycles. The van der Waals surface area contributed by atoms with Gasteiger partial charge in [-0.1, -0.05) is 0 Å². The fourth-order valence-corrected chi connectivity index (χ4v) is 2.46. The second-order valence-electron chi connectivity index (χ2n) is 3.28. The van der Waals surface area contributed by atoms with E-state index in [9.17, 15) is 9.18 Å². The molecular formula is C12H8BrFO2S. The first kappa shape index (κ1) is 12.3. The van der Waals surface area contributed by atoms with E-state index in [0.717, 1.165) is 0 Å². The molecule has 1 aromatic heterocycles. The number of carbonyl (C=O) groups excluding carboxylic acids is 1. The number of halogens is 2. The molecule has 0 saturated carbocycles. The SMILES string of the molecule is COc1ccsc1C(=O)c1ccc(Br)c(F)c1. The van der Waals surface area contributed by atoms with Gasteiger partial charge in [0.1, 0.15) is 16.4 Å². The lowest BCUT2D eigenvalue weighted by molar-refractivity contribution is 0.103. The summed E-state index contributed by atoms with van der Waals surface area (Å²) < 4.78 is 18.7. The number of ether oxygens (including phenoxy) is 1. The first-order chi connectivity index (χ1) is 8.13. The Kier molecular flexibility index (Phi) is 3.59. The van der Waals surface area contributed by atoms with E-state index >= 15 is 0 Å². The molecule has 0 aliphatic heterocycles. The molecule has 5 heteroatoms. The van der Waals surface area contributed by atoms with Crippen LogP contribution in [0.4, 0.5) is 4.39 Å². The standard InChI is InChI=1S/C12H8BrFO2S/c1-16-10-4-5-17-12(10)11(15)7-2-3-8(13)9(14)6-7/h2-6H,1H3. The summed E-state index contributed by atoms with van der Waals surface area (Å²) in [7, 11) is 1.50. The topological polar surface area (TPSA) is 26.3 Å². The maximum absolute atomic E-state index is 13.3. The number of rotatable bonds is 3. The lowest BCUT2D eigenvalue weighted by Crippen LogP contribution is -2.01. The Morgan fingerprint density at radius 2 is 2.18 bits per heavy atom. The summed E-state index contributed by atoms with van der Waals surface area (Å²) in [5.41, 5.74) is 0.312. The van der Waals surface area contributed by atoms with Gasteiger partial charge in [0.05, 0.1) is 11.6 Å². The number of hydrogen-bond acceptors (Lipinski definition) is 3. The highest BCUT2D eigenvalue weighted by Crippen LogP contribution is 2.28. The Morgan fingerprint density at radius 1 is 1.41 bits per heavy atom. The van der Waals surface area contributed by atoms with Crippen LogP contribution in [0.1, 0.15) is 15.2 Å². The molecular weight excluding hydrogens is 307 g/mol. The average molecular weight is 315 g/mol. The number of thiophene rings is 1. The van der Waals surface area contributed by atoms with Crippen molar-refractivity contribution in [2.75, 3.05) is 7.11 Å². The number of methoxy groups -OCH3 is 1. The van der Waals surface area contributed by atoms with Crippen molar-refractivity contribution in [3.8, 4) is 5.75 Å². The number of ketones is 1. The normalized spacial score (nSPS) is 10.3. The third-order valence-electron chi connectivity index (χ3n) is 2.24. The molecule has 0 aliphatic rings. The Bertz CT molecular complexity index is 565. The highest BCUT2D eigenvalue weighted by molar-refractivity contribution is 9.10. The van der Waals surface area contributed by atoms with Gasteiger partial charge in [-0.05, 0) is 45.6 Å². The second-order valence-corrected chi connectivity index (χ2v) is 5.05. The van der Waals surface area contributed by atoms with Gasteiger partial charge in [-0.25, -0.2) is 4.39 Å². The van der Waals surface area contributed by atoms with Crippen molar-refractivity contribution < 1.29 is 13.9 Å². The minimum absolute atomic E-state index is 0.233.